The summed E-state index contributed by atoms with van der Waals surface area (Å²) in [7, 11) is 0. The molecular formula is C40H48O. The van der Waals surface area contributed by atoms with Crippen molar-refractivity contribution < 1.29 is 4.42 Å². The molecule has 0 fully saturated rings. The van der Waals surface area contributed by atoms with Gasteiger partial charge in [0, 0.05) is 16.3 Å². The van der Waals surface area contributed by atoms with Gasteiger partial charge in [0.2, 0.25) is 0 Å². The summed E-state index contributed by atoms with van der Waals surface area (Å²) in [6, 6.07) is 31.4. The molecule has 5 rings (SSSR count). The van der Waals surface area contributed by atoms with Crippen molar-refractivity contribution in [2.45, 2.75) is 104 Å². The fraction of sp³-hybridized carbons (Fsp3) is 0.400. The number of fused-ring (bicyclic) bond motifs is 3. The molecule has 0 radical (unpaired) electrons. The largest absolute Gasteiger partial charge is 0.456 e. The molecule has 0 atom stereocenters. The number of rotatable bonds is 6. The molecule has 0 aliphatic heterocycles. The van der Waals surface area contributed by atoms with Crippen LogP contribution in [0.4, 0.5) is 0 Å². The Kier molecular flexibility index (Phi) is 7.26. The van der Waals surface area contributed by atoms with Crippen LogP contribution < -0.4 is 0 Å². The van der Waals surface area contributed by atoms with Gasteiger partial charge in [-0.15, -0.1) is 0 Å². The maximum absolute atomic E-state index is 6.54. The van der Waals surface area contributed by atoms with E-state index in [4.69, 9.17) is 4.42 Å². The number of hydrogen-bond acceptors (Lipinski definition) is 1. The van der Waals surface area contributed by atoms with Gasteiger partial charge in [0.1, 0.15) is 11.2 Å². The Morgan fingerprint density at radius 1 is 0.512 bits per heavy atom. The van der Waals surface area contributed by atoms with E-state index in [1.807, 2.05) is 0 Å². The summed E-state index contributed by atoms with van der Waals surface area (Å²) in [5, 5.41) is 2.51. The number of para-hydroxylation sites is 1. The van der Waals surface area contributed by atoms with E-state index < -0.39 is 0 Å². The van der Waals surface area contributed by atoms with Crippen LogP contribution >= 0.6 is 0 Å². The quantitative estimate of drug-likeness (QED) is 0.207. The van der Waals surface area contributed by atoms with E-state index >= 15 is 0 Å². The van der Waals surface area contributed by atoms with Crippen LogP contribution in [0.25, 0.3) is 33.1 Å². The zero-order valence-electron chi connectivity index (χ0n) is 26.9. The summed E-state index contributed by atoms with van der Waals surface area (Å²) in [5.41, 5.74) is 10.3. The van der Waals surface area contributed by atoms with Crippen molar-refractivity contribution in [3.8, 4) is 11.1 Å². The van der Waals surface area contributed by atoms with Gasteiger partial charge in [0.05, 0.1) is 0 Å². The van der Waals surface area contributed by atoms with Crippen molar-refractivity contribution in [1.82, 2.24) is 0 Å². The maximum Gasteiger partial charge on any atom is 0.139 e. The van der Waals surface area contributed by atoms with Crippen LogP contribution in [0.15, 0.2) is 89.3 Å². The highest BCUT2D eigenvalue weighted by molar-refractivity contribution is 6.08. The summed E-state index contributed by atoms with van der Waals surface area (Å²) in [6.45, 7) is 23.3. The first-order valence-electron chi connectivity index (χ1n) is 15.3. The minimum absolute atomic E-state index is 0.00975. The third-order valence-corrected chi connectivity index (χ3v) is 9.15. The molecule has 0 aliphatic carbocycles. The molecule has 0 aliphatic rings. The van der Waals surface area contributed by atoms with Gasteiger partial charge in [-0.25, -0.2) is 0 Å². The molecule has 214 valence electrons. The second-order valence-electron chi connectivity index (χ2n) is 15.4. The van der Waals surface area contributed by atoms with E-state index in [1.165, 1.54) is 44.2 Å². The van der Waals surface area contributed by atoms with Gasteiger partial charge in [-0.1, -0.05) is 148 Å². The second-order valence-corrected chi connectivity index (χ2v) is 15.4. The molecule has 0 bridgehead atoms. The number of hydrogen-bond donors (Lipinski definition) is 0. The zero-order chi connectivity index (χ0) is 29.8. The van der Waals surface area contributed by atoms with Gasteiger partial charge < -0.3 is 4.42 Å². The standard InChI is InChI=1S/C40H48O/c1-37(2,3)31-17-13-11-15-29(31)27-19-21-28(22-20-27)39(7,8)25-26-40(9,10)32-23-24-33(38(4,5)6)36-35(32)30-16-12-14-18-34(30)41-36/h11-24H,25-26H2,1-10H3. The van der Waals surface area contributed by atoms with Crippen LogP contribution in [0.2, 0.25) is 0 Å². The Hall–Kier alpha value is -3.32. The monoisotopic (exact) mass is 544 g/mol. The van der Waals surface area contributed by atoms with E-state index in [0.717, 1.165) is 24.0 Å². The maximum atomic E-state index is 6.54. The van der Waals surface area contributed by atoms with Crippen LogP contribution in [-0.2, 0) is 21.7 Å². The summed E-state index contributed by atoms with van der Waals surface area (Å²) >= 11 is 0. The highest BCUT2D eigenvalue weighted by Crippen LogP contribution is 2.45. The Morgan fingerprint density at radius 3 is 1.73 bits per heavy atom. The smallest absolute Gasteiger partial charge is 0.139 e. The Bertz CT molecular complexity index is 1680. The van der Waals surface area contributed by atoms with Crippen LogP contribution in [0.3, 0.4) is 0 Å². The first kappa shape index (κ1) is 29.2. The average Bonchev–Trinajstić information content (AvgIpc) is 3.30. The normalized spacial score (nSPS) is 13.3. The molecule has 0 saturated carbocycles. The summed E-state index contributed by atoms with van der Waals surface area (Å²) in [6.07, 6.45) is 2.17. The fourth-order valence-electron chi connectivity index (χ4n) is 6.38. The third kappa shape index (κ3) is 5.61. The molecular weight excluding hydrogens is 496 g/mol. The summed E-state index contributed by atoms with van der Waals surface area (Å²) in [4.78, 5) is 0. The summed E-state index contributed by atoms with van der Waals surface area (Å²) in [5.74, 6) is 0. The lowest BCUT2D eigenvalue weighted by Crippen LogP contribution is -2.25. The van der Waals surface area contributed by atoms with E-state index in [2.05, 4.69) is 154 Å². The first-order chi connectivity index (χ1) is 19.1. The lowest BCUT2D eigenvalue weighted by molar-refractivity contribution is 0.376. The molecule has 0 amide bonds. The fourth-order valence-corrected chi connectivity index (χ4v) is 6.38. The molecule has 0 N–H and O–H groups in total. The SMILES string of the molecule is CC(C)(C)c1ccccc1-c1ccc(C(C)(C)CCC(C)(C)c2ccc(C(C)(C)C)c3oc4ccccc4c23)cc1. The molecule has 5 aromatic rings. The topological polar surface area (TPSA) is 13.1 Å². The molecule has 0 unspecified atom stereocenters. The first-order valence-corrected chi connectivity index (χ1v) is 15.3. The second kappa shape index (κ2) is 10.2. The van der Waals surface area contributed by atoms with Gasteiger partial charge in [0.15, 0.2) is 0 Å². The summed E-state index contributed by atoms with van der Waals surface area (Å²) < 4.78 is 6.54. The van der Waals surface area contributed by atoms with Gasteiger partial charge >= 0.3 is 0 Å². The lowest BCUT2D eigenvalue weighted by Gasteiger charge is -2.33. The van der Waals surface area contributed by atoms with E-state index in [0.29, 0.717) is 0 Å². The van der Waals surface area contributed by atoms with Crippen LogP contribution in [0, 0.1) is 0 Å². The van der Waals surface area contributed by atoms with Gasteiger partial charge in [-0.2, -0.15) is 0 Å². The van der Waals surface area contributed by atoms with Crippen molar-refractivity contribution in [2.75, 3.05) is 0 Å². The lowest BCUT2D eigenvalue weighted by atomic mass is 9.71. The van der Waals surface area contributed by atoms with Gasteiger partial charge in [0.25, 0.3) is 0 Å². The zero-order valence-corrected chi connectivity index (χ0v) is 26.9. The minimum atomic E-state index is -0.00975. The molecule has 1 heterocycles. The van der Waals surface area contributed by atoms with Crippen LogP contribution in [-0.4, -0.2) is 0 Å². The van der Waals surface area contributed by atoms with E-state index in [-0.39, 0.29) is 21.7 Å². The van der Waals surface area contributed by atoms with E-state index in [1.54, 1.807) is 0 Å². The van der Waals surface area contributed by atoms with E-state index in [9.17, 15) is 0 Å². The third-order valence-electron chi connectivity index (χ3n) is 9.15. The minimum Gasteiger partial charge on any atom is -0.456 e. The Morgan fingerprint density at radius 2 is 1.07 bits per heavy atom. The molecule has 0 saturated heterocycles. The predicted molar refractivity (Wildman–Crippen MR) is 178 cm³/mol. The highest BCUT2D eigenvalue weighted by atomic mass is 16.3. The van der Waals surface area contributed by atoms with Crippen molar-refractivity contribution in [2.24, 2.45) is 0 Å². The van der Waals surface area contributed by atoms with Crippen LogP contribution in [0.5, 0.6) is 0 Å². The molecule has 1 heteroatoms. The van der Waals surface area contributed by atoms with Crippen molar-refractivity contribution in [3.63, 3.8) is 0 Å². The molecule has 4 aromatic carbocycles. The molecule has 0 spiro atoms. The molecule has 1 nitrogen and oxygen atoms in total. The van der Waals surface area contributed by atoms with Gasteiger partial charge in [-0.3, -0.25) is 0 Å². The predicted octanol–water partition coefficient (Wildman–Crippen LogP) is 11.9. The van der Waals surface area contributed by atoms with Crippen molar-refractivity contribution >= 4 is 21.9 Å². The highest BCUT2D eigenvalue weighted by Gasteiger charge is 2.31. The van der Waals surface area contributed by atoms with Crippen molar-refractivity contribution in [1.29, 1.82) is 0 Å². The Balaban J connectivity index is 1.45. The Labute approximate surface area is 248 Å². The molecule has 1 aromatic heterocycles. The number of benzene rings is 4. The van der Waals surface area contributed by atoms with Crippen molar-refractivity contribution in [3.05, 3.63) is 107 Å². The molecule has 41 heavy (non-hydrogen) atoms. The average molecular weight is 545 g/mol. The number of furan rings is 1. The van der Waals surface area contributed by atoms with Gasteiger partial charge in [-0.05, 0) is 68.4 Å². The van der Waals surface area contributed by atoms with Crippen LogP contribution in [0.1, 0.15) is 104 Å².